The van der Waals surface area contributed by atoms with Crippen LogP contribution in [0.15, 0.2) is 24.3 Å². The first-order valence-electron chi connectivity index (χ1n) is 4.17. The highest BCUT2D eigenvalue weighted by Crippen LogP contribution is 2.20. The molecule has 0 aliphatic rings. The van der Waals surface area contributed by atoms with Crippen LogP contribution in [0.5, 0.6) is 0 Å². The van der Waals surface area contributed by atoms with Crippen molar-refractivity contribution in [2.75, 3.05) is 0 Å². The number of carbonyl (C=O) groups excluding carboxylic acids is 1. The zero-order valence-electron chi connectivity index (χ0n) is 7.45. The molecule has 0 saturated carbocycles. The molecule has 1 aromatic carbocycles. The smallest absolute Gasteiger partial charge is 0.255 e. The average molecular weight is 194 g/mol. The number of benzene rings is 1. The Morgan fingerprint density at radius 3 is 2.85 bits per heavy atom. The van der Waals surface area contributed by atoms with Crippen molar-refractivity contribution in [3.05, 3.63) is 35.4 Å². The first kappa shape index (κ1) is 10.1. The van der Waals surface area contributed by atoms with E-state index in [-0.39, 0.29) is 0 Å². The highest BCUT2D eigenvalue weighted by Gasteiger charge is 2.12. The largest absolute Gasteiger partial charge is 0.272 e. The van der Waals surface area contributed by atoms with E-state index in [1.165, 1.54) is 0 Å². The number of aryl methyl sites for hydroxylation is 1. The van der Waals surface area contributed by atoms with E-state index in [1.54, 1.807) is 0 Å². The quantitative estimate of drug-likeness (QED) is 0.735. The van der Waals surface area contributed by atoms with Crippen LogP contribution < -0.4 is 5.73 Å². The van der Waals surface area contributed by atoms with Gasteiger partial charge in [0.2, 0.25) is 0 Å². The lowest BCUT2D eigenvalue weighted by atomic mass is 10.1. The van der Waals surface area contributed by atoms with Crippen LogP contribution in [0.2, 0.25) is 0 Å². The fourth-order valence-electron chi connectivity index (χ4n) is 1.13. The Morgan fingerprint density at radius 1 is 1.62 bits per heavy atom. The van der Waals surface area contributed by atoms with Gasteiger partial charge >= 0.3 is 0 Å². The molecule has 1 aromatic rings. The molecule has 0 fully saturated rings. The summed E-state index contributed by atoms with van der Waals surface area (Å²) in [5.74, 6) is -0.656. The number of nitrogens with one attached hydrogen (secondary N) is 1. The molecule has 0 spiro atoms. The summed E-state index contributed by atoms with van der Waals surface area (Å²) < 4.78 is 0. The monoisotopic (exact) mass is 194 g/mol. The summed E-state index contributed by atoms with van der Waals surface area (Å²) in [5, 5.41) is -0.605. The van der Waals surface area contributed by atoms with E-state index < -0.39 is 11.2 Å². The van der Waals surface area contributed by atoms with E-state index >= 15 is 0 Å². The van der Waals surface area contributed by atoms with Crippen molar-refractivity contribution in [2.24, 2.45) is 0 Å². The van der Waals surface area contributed by atoms with Gasteiger partial charge in [0.25, 0.3) is 5.91 Å². The average Bonchev–Trinajstić information content (AvgIpc) is 2.16. The molecule has 1 unspecified atom stereocenters. The summed E-state index contributed by atoms with van der Waals surface area (Å²) in [7, 11) is 0. The van der Waals surface area contributed by atoms with Gasteiger partial charge in [-0.25, -0.2) is 0 Å². The maximum atomic E-state index is 10.7. The first-order chi connectivity index (χ1) is 6.15. The summed E-state index contributed by atoms with van der Waals surface area (Å²) >= 11 is 4.06. The van der Waals surface area contributed by atoms with E-state index in [9.17, 15) is 4.79 Å². The third-order valence-electron chi connectivity index (χ3n) is 1.92. The maximum Gasteiger partial charge on any atom is 0.255 e. The second kappa shape index (κ2) is 4.33. The molecule has 13 heavy (non-hydrogen) atoms. The molecule has 0 aliphatic heterocycles. The van der Waals surface area contributed by atoms with Crippen LogP contribution in [-0.2, 0) is 11.2 Å². The molecular formula is C10H12NOS. The molecule has 1 N–H and O–H groups in total. The number of rotatable bonds is 3. The van der Waals surface area contributed by atoms with E-state index in [1.807, 2.05) is 24.3 Å². The molecule has 1 radical (unpaired) electrons. The van der Waals surface area contributed by atoms with E-state index in [0.717, 1.165) is 17.5 Å². The minimum atomic E-state index is -0.656. The van der Waals surface area contributed by atoms with Crippen molar-refractivity contribution >= 4 is 18.5 Å². The molecule has 69 valence electrons. The summed E-state index contributed by atoms with van der Waals surface area (Å²) in [4.78, 5) is 10.7. The van der Waals surface area contributed by atoms with E-state index in [2.05, 4.69) is 19.6 Å². The summed E-state index contributed by atoms with van der Waals surface area (Å²) in [6.45, 7) is 2.05. The molecule has 1 atom stereocenters. The lowest BCUT2D eigenvalue weighted by Gasteiger charge is -2.07. The summed E-state index contributed by atoms with van der Waals surface area (Å²) in [6.07, 6.45) is 0.931. The molecular weight excluding hydrogens is 182 g/mol. The van der Waals surface area contributed by atoms with Crippen molar-refractivity contribution in [3.63, 3.8) is 0 Å². The highest BCUT2D eigenvalue weighted by molar-refractivity contribution is 7.81. The van der Waals surface area contributed by atoms with Gasteiger partial charge in [-0.3, -0.25) is 10.5 Å². The first-order valence-corrected chi connectivity index (χ1v) is 4.69. The van der Waals surface area contributed by atoms with Gasteiger partial charge in [0.1, 0.15) is 5.25 Å². The van der Waals surface area contributed by atoms with Crippen LogP contribution in [0, 0.1) is 0 Å². The van der Waals surface area contributed by atoms with Crippen LogP contribution >= 0.6 is 12.6 Å². The van der Waals surface area contributed by atoms with E-state index in [4.69, 9.17) is 5.73 Å². The van der Waals surface area contributed by atoms with Gasteiger partial charge < -0.3 is 0 Å². The number of hydrogen-bond donors (Lipinski definition) is 1. The van der Waals surface area contributed by atoms with E-state index in [0.29, 0.717) is 0 Å². The standard InChI is InChI=1S/C10H12NOS/c1-2-7-4-3-5-8(6-7)9(13)10(11)12/h3-6,9,11,13H,2H2,1H3. The van der Waals surface area contributed by atoms with Gasteiger partial charge in [-0.2, -0.15) is 12.6 Å². The SMILES string of the molecule is CCc1cccc(C(S)C([NH])=O)c1. The predicted octanol–water partition coefficient (Wildman–Crippen LogP) is 2.03. The van der Waals surface area contributed by atoms with Crippen molar-refractivity contribution in [2.45, 2.75) is 18.6 Å². The minimum Gasteiger partial charge on any atom is -0.272 e. The van der Waals surface area contributed by atoms with Crippen molar-refractivity contribution < 1.29 is 4.79 Å². The molecule has 3 heteroatoms. The van der Waals surface area contributed by atoms with Gasteiger partial charge in [0.15, 0.2) is 0 Å². The van der Waals surface area contributed by atoms with Crippen LogP contribution in [0.1, 0.15) is 23.3 Å². The fraction of sp³-hybridized carbons (Fsp3) is 0.300. The van der Waals surface area contributed by atoms with Gasteiger partial charge in [-0.15, -0.1) is 0 Å². The van der Waals surface area contributed by atoms with Crippen molar-refractivity contribution in [1.29, 1.82) is 0 Å². The Balaban J connectivity index is 2.94. The van der Waals surface area contributed by atoms with Crippen molar-refractivity contribution in [3.8, 4) is 0 Å². The van der Waals surface area contributed by atoms with Crippen LogP contribution in [0.3, 0.4) is 0 Å². The minimum absolute atomic E-state index is 0.605. The highest BCUT2D eigenvalue weighted by atomic mass is 32.1. The Kier molecular flexibility index (Phi) is 3.37. The fourth-order valence-corrected chi connectivity index (χ4v) is 1.30. The summed E-state index contributed by atoms with van der Waals surface area (Å²) in [6, 6.07) is 7.63. The Labute approximate surface area is 83.5 Å². The predicted molar refractivity (Wildman–Crippen MR) is 55.7 cm³/mol. The molecule has 0 aliphatic carbocycles. The number of hydrogen-bond acceptors (Lipinski definition) is 2. The topological polar surface area (TPSA) is 40.9 Å². The Morgan fingerprint density at radius 2 is 2.31 bits per heavy atom. The zero-order chi connectivity index (χ0) is 9.84. The zero-order valence-corrected chi connectivity index (χ0v) is 8.34. The maximum absolute atomic E-state index is 10.7. The number of amides is 1. The molecule has 1 rings (SSSR count). The second-order valence-electron chi connectivity index (χ2n) is 2.87. The molecule has 0 heterocycles. The van der Waals surface area contributed by atoms with Crippen LogP contribution in [0.25, 0.3) is 0 Å². The summed E-state index contributed by atoms with van der Waals surface area (Å²) in [5.41, 5.74) is 8.91. The van der Waals surface area contributed by atoms with Crippen LogP contribution in [0.4, 0.5) is 0 Å². The van der Waals surface area contributed by atoms with Gasteiger partial charge in [0, 0.05) is 0 Å². The van der Waals surface area contributed by atoms with Gasteiger partial charge in [-0.05, 0) is 17.5 Å². The molecule has 0 aromatic heterocycles. The van der Waals surface area contributed by atoms with Gasteiger partial charge in [-0.1, -0.05) is 31.2 Å². The number of thiol groups is 1. The van der Waals surface area contributed by atoms with Crippen molar-refractivity contribution in [1.82, 2.24) is 5.73 Å². The van der Waals surface area contributed by atoms with Crippen LogP contribution in [-0.4, -0.2) is 5.91 Å². The second-order valence-corrected chi connectivity index (χ2v) is 3.38. The molecule has 1 amide bonds. The third kappa shape index (κ3) is 2.49. The van der Waals surface area contributed by atoms with Gasteiger partial charge in [0.05, 0.1) is 0 Å². The third-order valence-corrected chi connectivity index (χ3v) is 2.46. The molecule has 2 nitrogen and oxygen atoms in total. The molecule has 0 saturated heterocycles. The lowest BCUT2D eigenvalue weighted by molar-refractivity contribution is -0.118. The normalized spacial score (nSPS) is 12.5. The molecule has 0 bridgehead atoms. The lowest BCUT2D eigenvalue weighted by Crippen LogP contribution is -2.07. The Hall–Kier alpha value is -0.960. The Bertz CT molecular complexity index is 312. The number of carbonyl (C=O) groups is 1.